The molecule has 0 bridgehead atoms. The van der Waals surface area contributed by atoms with Gasteiger partial charge in [-0.15, -0.1) is 0 Å². The Bertz CT molecular complexity index is 1060. The first-order valence-corrected chi connectivity index (χ1v) is 8.82. The molecule has 4 rings (SSSR count). The van der Waals surface area contributed by atoms with Crippen molar-refractivity contribution < 1.29 is 14.3 Å². The molecule has 8 heteroatoms. The van der Waals surface area contributed by atoms with Gasteiger partial charge in [0.15, 0.2) is 0 Å². The monoisotopic (exact) mass is 377 g/mol. The highest BCUT2D eigenvalue weighted by Gasteiger charge is 2.39. The lowest BCUT2D eigenvalue weighted by atomic mass is 10.0. The van der Waals surface area contributed by atoms with E-state index in [4.69, 9.17) is 4.74 Å². The smallest absolute Gasteiger partial charge is 0.330 e. The lowest BCUT2D eigenvalue weighted by molar-refractivity contribution is -0.141. The summed E-state index contributed by atoms with van der Waals surface area (Å²) in [4.78, 5) is 38.0. The van der Waals surface area contributed by atoms with Gasteiger partial charge in [0.2, 0.25) is 0 Å². The number of urea groups is 1. The van der Waals surface area contributed by atoms with Crippen molar-refractivity contribution in [1.82, 2.24) is 15.3 Å². The number of aliphatic imine (C=N–C) groups is 1. The van der Waals surface area contributed by atoms with Gasteiger partial charge >= 0.3 is 12.0 Å². The van der Waals surface area contributed by atoms with E-state index in [1.54, 1.807) is 18.2 Å². The number of nitrogens with zero attached hydrogens (tertiary/aromatic N) is 3. The number of ether oxygens (including phenoxy) is 1. The quantitative estimate of drug-likeness (QED) is 0.683. The molecule has 142 valence electrons. The first-order valence-electron chi connectivity index (χ1n) is 8.82. The molecule has 1 aliphatic heterocycles. The minimum absolute atomic E-state index is 0.320. The zero-order valence-electron chi connectivity index (χ0n) is 15.4. The van der Waals surface area contributed by atoms with Crippen LogP contribution in [0, 0.1) is 0 Å². The van der Waals surface area contributed by atoms with Gasteiger partial charge in [-0.3, -0.25) is 15.2 Å². The Kier molecular flexibility index (Phi) is 4.52. The number of H-pyrrole nitrogens is 1. The van der Waals surface area contributed by atoms with E-state index < -0.39 is 18.1 Å². The van der Waals surface area contributed by atoms with E-state index in [9.17, 15) is 9.59 Å². The number of aromatic nitrogens is 2. The SMILES string of the molecule is COC(=O)C(C)/N=C1\NC(=O)N(c2ccc3[nH]cnc3c2)C1c1ccccc1. The number of amides is 2. The van der Waals surface area contributed by atoms with E-state index in [0.29, 0.717) is 11.5 Å². The van der Waals surface area contributed by atoms with Crippen molar-refractivity contribution in [3.05, 3.63) is 60.4 Å². The van der Waals surface area contributed by atoms with Crippen LogP contribution in [0.15, 0.2) is 59.9 Å². The Labute approximate surface area is 161 Å². The summed E-state index contributed by atoms with van der Waals surface area (Å²) in [5.41, 5.74) is 3.19. The van der Waals surface area contributed by atoms with Crippen molar-refractivity contribution in [2.45, 2.75) is 19.0 Å². The zero-order valence-corrected chi connectivity index (χ0v) is 15.4. The van der Waals surface area contributed by atoms with Crippen LogP contribution in [0.3, 0.4) is 0 Å². The van der Waals surface area contributed by atoms with Crippen LogP contribution in [-0.2, 0) is 9.53 Å². The minimum atomic E-state index is -0.736. The first-order chi connectivity index (χ1) is 13.6. The molecule has 28 heavy (non-hydrogen) atoms. The summed E-state index contributed by atoms with van der Waals surface area (Å²) in [6, 6.07) is 13.6. The van der Waals surface area contributed by atoms with Gasteiger partial charge in [0.25, 0.3) is 0 Å². The van der Waals surface area contributed by atoms with Crippen molar-refractivity contribution in [2.75, 3.05) is 12.0 Å². The molecule has 1 aliphatic rings. The number of aromatic amines is 1. The van der Waals surface area contributed by atoms with E-state index in [-0.39, 0.29) is 6.03 Å². The minimum Gasteiger partial charge on any atom is -0.467 e. The maximum absolute atomic E-state index is 12.9. The molecule has 2 N–H and O–H groups in total. The number of anilines is 1. The Balaban J connectivity index is 1.80. The molecule has 3 aromatic rings. The number of esters is 1. The molecule has 2 aromatic carbocycles. The summed E-state index contributed by atoms with van der Waals surface area (Å²) in [7, 11) is 1.31. The van der Waals surface area contributed by atoms with Crippen LogP contribution in [0.25, 0.3) is 11.0 Å². The zero-order chi connectivity index (χ0) is 19.7. The van der Waals surface area contributed by atoms with Crippen molar-refractivity contribution >= 4 is 34.6 Å². The van der Waals surface area contributed by atoms with Crippen LogP contribution >= 0.6 is 0 Å². The number of hydrogen-bond donors (Lipinski definition) is 2. The molecule has 1 aromatic heterocycles. The van der Waals surface area contributed by atoms with Gasteiger partial charge in [-0.05, 0) is 30.7 Å². The maximum Gasteiger partial charge on any atom is 0.330 e. The molecule has 2 heterocycles. The highest BCUT2D eigenvalue weighted by atomic mass is 16.5. The number of carbonyl (C=O) groups is 2. The maximum atomic E-state index is 12.9. The fourth-order valence-corrected chi connectivity index (χ4v) is 3.29. The van der Waals surface area contributed by atoms with Crippen molar-refractivity contribution in [3.8, 4) is 0 Å². The van der Waals surface area contributed by atoms with Crippen LogP contribution in [0.2, 0.25) is 0 Å². The number of imidazole rings is 1. The summed E-state index contributed by atoms with van der Waals surface area (Å²) < 4.78 is 4.76. The molecule has 0 saturated carbocycles. The van der Waals surface area contributed by atoms with E-state index in [2.05, 4.69) is 20.3 Å². The molecule has 2 atom stereocenters. The lowest BCUT2D eigenvalue weighted by Gasteiger charge is -2.23. The van der Waals surface area contributed by atoms with Gasteiger partial charge in [-0.25, -0.2) is 14.6 Å². The molecular weight excluding hydrogens is 358 g/mol. The topological polar surface area (TPSA) is 99.7 Å². The Morgan fingerprint density at radius 1 is 1.25 bits per heavy atom. The van der Waals surface area contributed by atoms with E-state index in [1.165, 1.54) is 7.11 Å². The lowest BCUT2D eigenvalue weighted by Crippen LogP contribution is -2.29. The second-order valence-corrected chi connectivity index (χ2v) is 6.43. The van der Waals surface area contributed by atoms with Crippen LogP contribution < -0.4 is 10.2 Å². The highest BCUT2D eigenvalue weighted by Crippen LogP contribution is 2.33. The number of rotatable bonds is 4. The van der Waals surface area contributed by atoms with E-state index in [1.807, 2.05) is 48.5 Å². The van der Waals surface area contributed by atoms with E-state index >= 15 is 0 Å². The molecule has 0 radical (unpaired) electrons. The molecule has 1 saturated heterocycles. The second-order valence-electron chi connectivity index (χ2n) is 6.43. The molecule has 1 fully saturated rings. The molecule has 0 spiro atoms. The van der Waals surface area contributed by atoms with Crippen LogP contribution in [-0.4, -0.2) is 41.0 Å². The predicted molar refractivity (Wildman–Crippen MR) is 105 cm³/mol. The number of benzene rings is 2. The third-order valence-electron chi connectivity index (χ3n) is 4.64. The molecule has 0 aliphatic carbocycles. The van der Waals surface area contributed by atoms with Gasteiger partial charge in [-0.2, -0.15) is 0 Å². The van der Waals surface area contributed by atoms with Gasteiger partial charge in [0, 0.05) is 5.69 Å². The number of amidine groups is 1. The average molecular weight is 377 g/mol. The molecular formula is C20H19N5O3. The molecule has 2 unspecified atom stereocenters. The van der Waals surface area contributed by atoms with E-state index in [0.717, 1.165) is 16.6 Å². The number of fused-ring (bicyclic) bond motifs is 1. The summed E-state index contributed by atoms with van der Waals surface area (Å²) in [6.45, 7) is 1.63. The van der Waals surface area contributed by atoms with Crippen LogP contribution in [0.1, 0.15) is 18.5 Å². The summed E-state index contributed by atoms with van der Waals surface area (Å²) >= 11 is 0. The Morgan fingerprint density at radius 3 is 2.79 bits per heavy atom. The normalized spacial score (nSPS) is 19.1. The summed E-state index contributed by atoms with van der Waals surface area (Å²) in [5, 5.41) is 2.80. The standard InChI is InChI=1S/C20H19N5O3/c1-12(19(26)28-2)23-18-17(13-6-4-3-5-7-13)25(20(27)24-18)14-8-9-15-16(10-14)22-11-21-15/h3-12,17H,1-2H3,(H,21,22)(H,23,24,27). The molecule has 2 amide bonds. The summed E-state index contributed by atoms with van der Waals surface area (Å²) in [5.74, 6) is -0.0684. The summed E-state index contributed by atoms with van der Waals surface area (Å²) in [6.07, 6.45) is 1.61. The Morgan fingerprint density at radius 2 is 2.04 bits per heavy atom. The van der Waals surface area contributed by atoms with Crippen molar-refractivity contribution in [2.24, 2.45) is 4.99 Å². The van der Waals surface area contributed by atoms with Crippen molar-refractivity contribution in [3.63, 3.8) is 0 Å². The number of methoxy groups -OCH3 is 1. The van der Waals surface area contributed by atoms with Crippen LogP contribution in [0.4, 0.5) is 10.5 Å². The number of carbonyl (C=O) groups excluding carboxylic acids is 2. The fraction of sp³-hybridized carbons (Fsp3) is 0.200. The van der Waals surface area contributed by atoms with Gasteiger partial charge in [0.05, 0.1) is 24.5 Å². The van der Waals surface area contributed by atoms with Crippen molar-refractivity contribution in [1.29, 1.82) is 0 Å². The number of hydrogen-bond acceptors (Lipinski definition) is 5. The molecule has 8 nitrogen and oxygen atoms in total. The fourth-order valence-electron chi connectivity index (χ4n) is 3.29. The predicted octanol–water partition coefficient (Wildman–Crippen LogP) is 2.79. The number of nitrogens with one attached hydrogen (secondary N) is 2. The largest absolute Gasteiger partial charge is 0.467 e. The Hall–Kier alpha value is -3.68. The van der Waals surface area contributed by atoms with Crippen LogP contribution in [0.5, 0.6) is 0 Å². The highest BCUT2D eigenvalue weighted by molar-refractivity contribution is 6.17. The van der Waals surface area contributed by atoms with Gasteiger partial charge < -0.3 is 9.72 Å². The second kappa shape index (κ2) is 7.15. The van der Waals surface area contributed by atoms with Gasteiger partial charge in [0.1, 0.15) is 17.9 Å². The first kappa shape index (κ1) is 17.7. The average Bonchev–Trinajstić information content (AvgIpc) is 3.31. The third-order valence-corrected chi connectivity index (χ3v) is 4.64. The van der Waals surface area contributed by atoms with Gasteiger partial charge in [-0.1, -0.05) is 30.3 Å². The third kappa shape index (κ3) is 3.09.